The Labute approximate surface area is 723 Å². The van der Waals surface area contributed by atoms with Crippen molar-refractivity contribution < 1.29 is 19.2 Å². The van der Waals surface area contributed by atoms with Gasteiger partial charge in [0, 0.05) is 67.1 Å². The first kappa shape index (κ1) is 99.2. The van der Waals surface area contributed by atoms with Crippen molar-refractivity contribution in [2.75, 3.05) is 22.9 Å². The fourth-order valence-electron chi connectivity index (χ4n) is 20.0. The van der Waals surface area contributed by atoms with Gasteiger partial charge >= 0.3 is 0 Å². The third-order valence-electron chi connectivity index (χ3n) is 27.2. The Hall–Kier alpha value is -3.88. The molecule has 0 unspecified atom stereocenters. The van der Waals surface area contributed by atoms with Crippen molar-refractivity contribution in [3.63, 3.8) is 0 Å². The summed E-state index contributed by atoms with van der Waals surface area (Å²) in [5, 5.41) is 1.95. The summed E-state index contributed by atoms with van der Waals surface area (Å²) in [6.07, 6.45) is 94.6. The summed E-state index contributed by atoms with van der Waals surface area (Å²) in [5.74, 6) is 1.07. The van der Waals surface area contributed by atoms with Gasteiger partial charge in [-0.3, -0.25) is 19.2 Å². The summed E-state index contributed by atoms with van der Waals surface area (Å²) < 4.78 is 0. The van der Waals surface area contributed by atoms with Crippen LogP contribution in [-0.4, -0.2) is 35.1 Å². The van der Waals surface area contributed by atoms with E-state index in [-0.39, 0.29) is 22.0 Å². The van der Waals surface area contributed by atoms with Gasteiger partial charge in [0.05, 0.1) is 22.5 Å². The molecule has 0 aliphatic carbocycles. The molecule has 6 nitrogen and oxygen atoms in total. The lowest BCUT2D eigenvalue weighted by molar-refractivity contribution is -0.113. The van der Waals surface area contributed by atoms with Gasteiger partial charge in [-0.1, -0.05) is 500 Å². The minimum absolute atomic E-state index is 0.0421. The van der Waals surface area contributed by atoms with Gasteiger partial charge in [0.25, 0.3) is 11.8 Å². The number of carbonyl (C=O) groups excluding carboxylic acids is 4. The molecule has 4 aliphatic rings. The van der Waals surface area contributed by atoms with Gasteiger partial charge in [-0.25, -0.2) is 0 Å². The molecule has 0 fully saturated rings. The fraction of sp³-hybridized carbons (Fsp3) is 0.759. The standard InChI is InChI=1S/C108H176N2O4S2/c1-9-13-17-21-25-29-33-37-41-45-49-53-57-61-65-69-73-89(74-70-66-62-58-54-50-46-42-38-34-30-26-22-18-14-10-2)81-83-109-103-91-78-80-94-101(102-96-86-97-95(85-98(96)116-108(102)114)100(88(7)8)107(113)115-97)106(112)110(104(94)92(91)77-79-93(103)99(87(5)6)105(109)111)84-82-90(75-71-67-63-59-55-51-47-43-39-35-31-27-23-19-15-11-3)76-72-68-64-60-56-52-48-44-40-36-32-28-24-20-16-12-4/h77-80,85-86,89-90H,9-76,81-84H2,1-8H3/b102-101+. The minimum atomic E-state index is -0.104. The van der Waals surface area contributed by atoms with E-state index in [0.29, 0.717) is 36.1 Å². The van der Waals surface area contributed by atoms with Gasteiger partial charge < -0.3 is 9.80 Å². The quantitative estimate of drug-likeness (QED) is 0.0414. The number of benzene rings is 3. The first-order valence-electron chi connectivity index (χ1n) is 50.9. The maximum absolute atomic E-state index is 16.2. The normalized spacial score (nSPS) is 14.6. The number of rotatable bonds is 74. The second-order valence-electron chi connectivity index (χ2n) is 37.7. The molecule has 0 spiro atoms. The Morgan fingerprint density at radius 1 is 0.259 bits per heavy atom. The van der Waals surface area contributed by atoms with Crippen molar-refractivity contribution in [2.45, 2.75) is 515 Å². The number of nitrogens with zero attached hydrogens (tertiary/aromatic N) is 2. The molecule has 0 N–H and O–H groups in total. The number of unbranched alkanes of at least 4 members (excludes halogenated alkanes) is 60. The fourth-order valence-corrected chi connectivity index (χ4v) is 22.0. The number of allylic oxidation sites excluding steroid dienone is 2. The van der Waals surface area contributed by atoms with E-state index in [1.807, 2.05) is 26.0 Å². The van der Waals surface area contributed by atoms with E-state index in [0.717, 1.165) is 89.3 Å². The lowest BCUT2D eigenvalue weighted by Crippen LogP contribution is -2.30. The van der Waals surface area contributed by atoms with Crippen LogP contribution in [0.15, 0.2) is 57.3 Å². The Balaban J connectivity index is 1.08. The van der Waals surface area contributed by atoms with Crippen molar-refractivity contribution in [3.05, 3.63) is 69.8 Å². The van der Waals surface area contributed by atoms with Gasteiger partial charge in [-0.2, -0.15) is 0 Å². The van der Waals surface area contributed by atoms with Crippen LogP contribution in [0.4, 0.5) is 11.4 Å². The molecule has 4 aliphatic heterocycles. The Bertz CT molecular complexity index is 3270. The highest BCUT2D eigenvalue weighted by atomic mass is 32.2. The molecule has 3 aromatic rings. The molecule has 3 aromatic carbocycles. The highest BCUT2D eigenvalue weighted by molar-refractivity contribution is 8.16. The first-order chi connectivity index (χ1) is 56.9. The van der Waals surface area contributed by atoms with E-state index in [2.05, 4.69) is 75.6 Å². The average Bonchev–Trinajstić information content (AvgIpc) is 1.55. The molecule has 0 saturated heterocycles. The Kier molecular flexibility index (Phi) is 52.5. The second kappa shape index (κ2) is 61.4. The van der Waals surface area contributed by atoms with Crippen molar-refractivity contribution in [1.82, 2.24) is 0 Å². The maximum Gasteiger partial charge on any atom is 0.259 e. The van der Waals surface area contributed by atoms with Crippen LogP contribution in [0.5, 0.6) is 0 Å². The Morgan fingerprint density at radius 3 is 0.810 bits per heavy atom. The predicted molar refractivity (Wildman–Crippen MR) is 513 cm³/mol. The van der Waals surface area contributed by atoms with Crippen LogP contribution in [0.25, 0.3) is 33.1 Å². The molecule has 0 bridgehead atoms. The first-order valence-corrected chi connectivity index (χ1v) is 52.5. The highest BCUT2D eigenvalue weighted by Crippen LogP contribution is 2.56. The van der Waals surface area contributed by atoms with Crippen LogP contribution in [0.3, 0.4) is 0 Å². The van der Waals surface area contributed by atoms with E-state index in [1.165, 1.54) is 460 Å². The summed E-state index contributed by atoms with van der Waals surface area (Å²) in [6, 6.07) is 12.9. The SMILES string of the molecule is CCCCCCCCCCCCCCCCCCC(CCCCCCCCCCCCCCCCCC)CCN1C(=O)C(=C(C)C)c2ccc3c4c(ccc3c21)/C(=C1\C(=O)Sc2cc3c(cc21)SC(=O)C3=C(C)C)C(=O)N4CCC(CCCCCCCCCCCCCCCCCC)CCCCCCCCCCCCCCCCCC. The largest absolute Gasteiger partial charge is 0.307 e. The third-order valence-corrected chi connectivity index (χ3v) is 29.1. The summed E-state index contributed by atoms with van der Waals surface area (Å²) in [7, 11) is 0. The number of hydrogen-bond acceptors (Lipinski definition) is 6. The Morgan fingerprint density at radius 2 is 0.509 bits per heavy atom. The summed E-state index contributed by atoms with van der Waals surface area (Å²) in [6.45, 7) is 18.7. The summed E-state index contributed by atoms with van der Waals surface area (Å²) >= 11 is 2.46. The number of hydrogen-bond donors (Lipinski definition) is 0. The average molecular weight is 1630 g/mol. The molecule has 0 radical (unpaired) electrons. The molecule has 7 rings (SSSR count). The van der Waals surface area contributed by atoms with Crippen LogP contribution < -0.4 is 9.80 Å². The van der Waals surface area contributed by atoms with E-state index in [1.54, 1.807) is 0 Å². The zero-order valence-corrected chi connectivity index (χ0v) is 78.5. The van der Waals surface area contributed by atoms with Crippen molar-refractivity contribution in [3.8, 4) is 0 Å². The van der Waals surface area contributed by atoms with Crippen molar-refractivity contribution in [2.24, 2.45) is 11.8 Å². The van der Waals surface area contributed by atoms with E-state index in [4.69, 9.17) is 0 Å². The maximum atomic E-state index is 16.2. The van der Waals surface area contributed by atoms with Crippen molar-refractivity contribution in [1.29, 1.82) is 0 Å². The third kappa shape index (κ3) is 35.5. The molecule has 0 aromatic heterocycles. The van der Waals surface area contributed by atoms with Gasteiger partial charge in [0.2, 0.25) is 10.2 Å². The monoisotopic (exact) mass is 1630 g/mol. The zero-order chi connectivity index (χ0) is 82.4. The van der Waals surface area contributed by atoms with Crippen LogP contribution in [0, 0.1) is 11.8 Å². The second-order valence-corrected chi connectivity index (χ2v) is 39.8. The van der Waals surface area contributed by atoms with Gasteiger partial charge in [0.15, 0.2) is 0 Å². The van der Waals surface area contributed by atoms with Crippen LogP contribution in [0.1, 0.15) is 527 Å². The smallest absolute Gasteiger partial charge is 0.259 e. The van der Waals surface area contributed by atoms with Gasteiger partial charge in [0.1, 0.15) is 0 Å². The van der Waals surface area contributed by atoms with Crippen LogP contribution in [-0.2, 0) is 19.2 Å². The molecule has 654 valence electrons. The molecular formula is C108H176N2O4S2. The van der Waals surface area contributed by atoms with E-state index in [9.17, 15) is 9.59 Å². The molecular weight excluding hydrogens is 1450 g/mol. The summed E-state index contributed by atoms with van der Waals surface area (Å²) in [4.78, 5) is 66.1. The number of anilines is 2. The highest BCUT2D eigenvalue weighted by Gasteiger charge is 2.44. The van der Waals surface area contributed by atoms with Gasteiger partial charge in [-0.15, -0.1) is 0 Å². The van der Waals surface area contributed by atoms with Crippen molar-refractivity contribution >= 4 is 90.0 Å². The topological polar surface area (TPSA) is 74.8 Å². The number of thioether (sulfide) groups is 2. The van der Waals surface area contributed by atoms with Crippen LogP contribution >= 0.6 is 23.5 Å². The van der Waals surface area contributed by atoms with E-state index >= 15 is 9.59 Å². The lowest BCUT2D eigenvalue weighted by atomic mass is 9.90. The summed E-state index contributed by atoms with van der Waals surface area (Å²) in [5.41, 5.74) is 9.91. The van der Waals surface area contributed by atoms with Crippen LogP contribution in [0.2, 0.25) is 0 Å². The zero-order valence-electron chi connectivity index (χ0n) is 76.9. The number of fused-ring (bicyclic) bond motifs is 7. The molecule has 2 amide bonds. The molecule has 4 heterocycles. The van der Waals surface area contributed by atoms with E-state index < -0.39 is 0 Å². The lowest BCUT2D eigenvalue weighted by Gasteiger charge is -2.25. The number of amides is 2. The molecule has 0 atom stereocenters. The molecule has 0 saturated carbocycles. The molecule has 116 heavy (non-hydrogen) atoms. The minimum Gasteiger partial charge on any atom is -0.307 e. The molecule has 8 heteroatoms. The number of carbonyl (C=O) groups is 4. The van der Waals surface area contributed by atoms with Gasteiger partial charge in [-0.05, 0) is 88.0 Å². The predicted octanol–water partition coefficient (Wildman–Crippen LogP) is 35.9.